The highest BCUT2D eigenvalue weighted by Crippen LogP contribution is 2.27. The molecular weight excluding hydrogens is 326 g/mol. The number of nitrogens with zero attached hydrogens (tertiary/aromatic N) is 2. The van der Waals surface area contributed by atoms with E-state index < -0.39 is 0 Å². The highest BCUT2D eigenvalue weighted by atomic mass is 79.9. The number of nitrogens with one attached hydrogen (secondary N) is 1. The van der Waals surface area contributed by atoms with Gasteiger partial charge in [0.15, 0.2) is 0 Å². The molecule has 0 spiro atoms. The van der Waals surface area contributed by atoms with E-state index >= 15 is 0 Å². The van der Waals surface area contributed by atoms with Crippen LogP contribution in [0, 0.1) is 10.1 Å². The molecule has 0 aliphatic carbocycles. The van der Waals surface area contributed by atoms with Crippen molar-refractivity contribution >= 4 is 21.6 Å². The van der Waals surface area contributed by atoms with Crippen molar-refractivity contribution in [3.05, 3.63) is 38.3 Å². The number of ether oxygens (including phenoxy) is 1. The number of rotatable bonds is 9. The molecule has 0 atom stereocenters. The zero-order valence-corrected chi connectivity index (χ0v) is 13.4. The second-order valence-electron chi connectivity index (χ2n) is 4.48. The highest BCUT2D eigenvalue weighted by molar-refractivity contribution is 9.10. The van der Waals surface area contributed by atoms with Crippen LogP contribution >= 0.6 is 15.9 Å². The Morgan fingerprint density at radius 1 is 1.45 bits per heavy atom. The Bertz CT molecular complexity index is 443. The van der Waals surface area contributed by atoms with Gasteiger partial charge < -0.3 is 15.0 Å². The average molecular weight is 346 g/mol. The first kappa shape index (κ1) is 17.0. The minimum atomic E-state index is -0.383. The Balaban J connectivity index is 2.39. The van der Waals surface area contributed by atoms with Crippen molar-refractivity contribution in [2.45, 2.75) is 6.54 Å². The summed E-state index contributed by atoms with van der Waals surface area (Å²) in [7, 11) is 3.72. The molecule has 0 aromatic heterocycles. The maximum absolute atomic E-state index is 10.8. The van der Waals surface area contributed by atoms with E-state index in [1.807, 2.05) is 13.1 Å². The van der Waals surface area contributed by atoms with Crippen molar-refractivity contribution in [3.63, 3.8) is 0 Å². The number of methoxy groups -OCH3 is 1. The van der Waals surface area contributed by atoms with E-state index in [0.717, 1.165) is 25.2 Å². The molecule has 0 radical (unpaired) electrons. The molecule has 1 N–H and O–H groups in total. The summed E-state index contributed by atoms with van der Waals surface area (Å²) < 4.78 is 5.55. The Hall–Kier alpha value is -1.02. The van der Waals surface area contributed by atoms with Crippen molar-refractivity contribution in [2.75, 3.05) is 40.4 Å². The van der Waals surface area contributed by atoms with Gasteiger partial charge in [0.25, 0.3) is 5.69 Å². The number of nitro groups is 1. The standard InChI is InChI=1S/C13H20BrN3O3/c1-16(8-9-20-2)7-6-15-10-11-4-3-5-12(13(11)14)17(18)19/h3-5,15H,6-10H2,1-2H3. The third-order valence-electron chi connectivity index (χ3n) is 2.92. The number of benzene rings is 1. The lowest BCUT2D eigenvalue weighted by molar-refractivity contribution is -0.385. The average Bonchev–Trinajstić information content (AvgIpc) is 2.42. The summed E-state index contributed by atoms with van der Waals surface area (Å²) in [5.41, 5.74) is 0.986. The van der Waals surface area contributed by atoms with Gasteiger partial charge in [-0.25, -0.2) is 0 Å². The second-order valence-corrected chi connectivity index (χ2v) is 5.27. The van der Waals surface area contributed by atoms with Crippen LogP contribution in [0.1, 0.15) is 5.56 Å². The maximum Gasteiger partial charge on any atom is 0.283 e. The first-order chi connectivity index (χ1) is 9.56. The van der Waals surface area contributed by atoms with Gasteiger partial charge in [-0.15, -0.1) is 0 Å². The van der Waals surface area contributed by atoms with Crippen LogP contribution in [-0.2, 0) is 11.3 Å². The Kier molecular flexibility index (Phi) is 7.68. The SMILES string of the molecule is COCCN(C)CCNCc1cccc([N+](=O)[O-])c1Br. The molecular formula is C13H20BrN3O3. The molecule has 1 aromatic carbocycles. The first-order valence-corrected chi connectivity index (χ1v) is 7.15. The quantitative estimate of drug-likeness (QED) is 0.421. The molecule has 0 aliphatic heterocycles. The second kappa shape index (κ2) is 9.02. The first-order valence-electron chi connectivity index (χ1n) is 6.36. The molecule has 6 nitrogen and oxygen atoms in total. The lowest BCUT2D eigenvalue weighted by Gasteiger charge is -2.16. The molecule has 1 rings (SSSR count). The van der Waals surface area contributed by atoms with E-state index in [1.165, 1.54) is 6.07 Å². The topological polar surface area (TPSA) is 67.6 Å². The number of likely N-dealkylation sites (N-methyl/N-ethyl adjacent to an activating group) is 1. The predicted octanol–water partition coefficient (Wildman–Crippen LogP) is 2.03. The summed E-state index contributed by atoms with van der Waals surface area (Å²) in [5, 5.41) is 14.1. The molecule has 0 saturated heterocycles. The summed E-state index contributed by atoms with van der Waals surface area (Å²) in [5.74, 6) is 0. The lowest BCUT2D eigenvalue weighted by atomic mass is 10.2. The van der Waals surface area contributed by atoms with Crippen LogP contribution in [-0.4, -0.2) is 50.2 Å². The third-order valence-corrected chi connectivity index (χ3v) is 3.83. The molecule has 20 heavy (non-hydrogen) atoms. The van der Waals surface area contributed by atoms with Crippen molar-refractivity contribution < 1.29 is 9.66 Å². The van der Waals surface area contributed by atoms with E-state index in [4.69, 9.17) is 4.74 Å². The fourth-order valence-electron chi connectivity index (χ4n) is 1.70. The van der Waals surface area contributed by atoms with E-state index in [2.05, 4.69) is 26.1 Å². The largest absolute Gasteiger partial charge is 0.383 e. The van der Waals surface area contributed by atoms with Gasteiger partial charge >= 0.3 is 0 Å². The highest BCUT2D eigenvalue weighted by Gasteiger charge is 2.14. The predicted molar refractivity (Wildman–Crippen MR) is 81.9 cm³/mol. The van der Waals surface area contributed by atoms with Crippen LogP contribution in [0.2, 0.25) is 0 Å². The fourth-order valence-corrected chi connectivity index (χ4v) is 2.24. The monoisotopic (exact) mass is 345 g/mol. The van der Waals surface area contributed by atoms with Gasteiger partial charge in [0, 0.05) is 39.4 Å². The van der Waals surface area contributed by atoms with Crippen LogP contribution in [0.25, 0.3) is 0 Å². The Morgan fingerprint density at radius 3 is 2.85 bits per heavy atom. The summed E-state index contributed by atoms with van der Waals surface area (Å²) in [6, 6.07) is 5.06. The smallest absolute Gasteiger partial charge is 0.283 e. The summed E-state index contributed by atoms with van der Waals surface area (Å²) in [4.78, 5) is 12.6. The van der Waals surface area contributed by atoms with Crippen molar-refractivity contribution in [1.82, 2.24) is 10.2 Å². The normalized spacial score (nSPS) is 11.0. The van der Waals surface area contributed by atoms with Gasteiger partial charge in [0.1, 0.15) is 0 Å². The molecule has 0 heterocycles. The van der Waals surface area contributed by atoms with E-state index in [-0.39, 0.29) is 10.6 Å². The molecule has 1 aromatic rings. The number of halogens is 1. The van der Waals surface area contributed by atoms with Crippen LogP contribution in [0.5, 0.6) is 0 Å². The Labute approximate surface area is 127 Å². The molecule has 0 amide bonds. The molecule has 0 saturated carbocycles. The molecule has 0 unspecified atom stereocenters. The number of hydrogen-bond acceptors (Lipinski definition) is 5. The van der Waals surface area contributed by atoms with E-state index in [1.54, 1.807) is 13.2 Å². The van der Waals surface area contributed by atoms with Gasteiger partial charge in [-0.1, -0.05) is 12.1 Å². The van der Waals surface area contributed by atoms with Crippen LogP contribution in [0.3, 0.4) is 0 Å². The minimum Gasteiger partial charge on any atom is -0.383 e. The summed E-state index contributed by atoms with van der Waals surface area (Å²) in [6.07, 6.45) is 0. The zero-order valence-electron chi connectivity index (χ0n) is 11.8. The number of nitro benzene ring substituents is 1. The van der Waals surface area contributed by atoms with Crippen LogP contribution in [0.4, 0.5) is 5.69 Å². The molecule has 112 valence electrons. The molecule has 0 bridgehead atoms. The van der Waals surface area contributed by atoms with Crippen molar-refractivity contribution in [3.8, 4) is 0 Å². The minimum absolute atomic E-state index is 0.0986. The Morgan fingerprint density at radius 2 is 2.20 bits per heavy atom. The summed E-state index contributed by atoms with van der Waals surface area (Å²) in [6.45, 7) is 3.91. The van der Waals surface area contributed by atoms with Gasteiger partial charge in [0.05, 0.1) is 16.0 Å². The van der Waals surface area contributed by atoms with Crippen molar-refractivity contribution in [2.24, 2.45) is 0 Å². The van der Waals surface area contributed by atoms with Crippen LogP contribution < -0.4 is 5.32 Å². The van der Waals surface area contributed by atoms with Gasteiger partial charge in [-0.3, -0.25) is 10.1 Å². The van der Waals surface area contributed by atoms with Gasteiger partial charge in [-0.05, 0) is 28.5 Å². The molecule has 7 heteroatoms. The zero-order chi connectivity index (χ0) is 15.0. The van der Waals surface area contributed by atoms with Crippen LogP contribution in [0.15, 0.2) is 22.7 Å². The van der Waals surface area contributed by atoms with Gasteiger partial charge in [0.2, 0.25) is 0 Å². The van der Waals surface area contributed by atoms with Crippen molar-refractivity contribution in [1.29, 1.82) is 0 Å². The molecule has 0 fully saturated rings. The molecule has 0 aliphatic rings. The van der Waals surface area contributed by atoms with Gasteiger partial charge in [-0.2, -0.15) is 0 Å². The maximum atomic E-state index is 10.8. The fraction of sp³-hybridized carbons (Fsp3) is 0.538. The third kappa shape index (κ3) is 5.54. The van der Waals surface area contributed by atoms with E-state index in [0.29, 0.717) is 17.6 Å². The lowest BCUT2D eigenvalue weighted by Crippen LogP contribution is -2.31. The van der Waals surface area contributed by atoms with E-state index in [9.17, 15) is 10.1 Å². The number of hydrogen-bond donors (Lipinski definition) is 1. The summed E-state index contributed by atoms with van der Waals surface area (Å²) >= 11 is 3.29.